The summed E-state index contributed by atoms with van der Waals surface area (Å²) in [4.78, 5) is 0. The molecule has 0 aliphatic heterocycles. The Morgan fingerprint density at radius 2 is 1.11 bits per heavy atom. The molecule has 1 heteroatoms. The molecule has 0 amide bonds. The predicted molar refractivity (Wildman–Crippen MR) is 84.2 cm³/mol. The highest BCUT2D eigenvalue weighted by Gasteiger charge is 2.22. The summed E-state index contributed by atoms with van der Waals surface area (Å²) in [7, 11) is 2.13. The van der Waals surface area contributed by atoms with Gasteiger partial charge in [0.05, 0.1) is 0 Å². The molecule has 1 N–H and O–H groups in total. The number of unbranched alkanes of at least 4 members (excludes halogenated alkanes) is 8. The average Bonchev–Trinajstić information content (AvgIpc) is 2.42. The van der Waals surface area contributed by atoms with Gasteiger partial charge in [-0.3, -0.25) is 0 Å². The Labute approximate surface area is 116 Å². The van der Waals surface area contributed by atoms with Crippen molar-refractivity contribution in [3.8, 4) is 0 Å². The minimum Gasteiger partial charge on any atom is -0.314 e. The fourth-order valence-electron chi connectivity index (χ4n) is 2.86. The molecule has 0 saturated carbocycles. The molecule has 110 valence electrons. The van der Waals surface area contributed by atoms with Crippen molar-refractivity contribution in [2.75, 3.05) is 7.05 Å². The third-order valence-corrected chi connectivity index (χ3v) is 4.64. The minimum atomic E-state index is 0.418. The molecule has 0 aliphatic rings. The van der Waals surface area contributed by atoms with E-state index in [-0.39, 0.29) is 0 Å². The van der Waals surface area contributed by atoms with Gasteiger partial charge in [0.1, 0.15) is 0 Å². The fraction of sp³-hybridized carbons (Fsp3) is 1.00. The molecule has 0 fully saturated rings. The van der Waals surface area contributed by atoms with E-state index in [0.717, 1.165) is 0 Å². The lowest BCUT2D eigenvalue weighted by atomic mass is 9.87. The Balaban J connectivity index is 3.38. The van der Waals surface area contributed by atoms with Crippen molar-refractivity contribution in [2.45, 2.75) is 103 Å². The molecule has 0 heterocycles. The van der Waals surface area contributed by atoms with Crippen molar-refractivity contribution in [2.24, 2.45) is 0 Å². The predicted octanol–water partition coefficient (Wildman–Crippen LogP) is 5.69. The highest BCUT2D eigenvalue weighted by atomic mass is 14.9. The molecular weight excluding hydrogens is 218 g/mol. The summed E-state index contributed by atoms with van der Waals surface area (Å²) in [5, 5.41) is 3.54. The van der Waals surface area contributed by atoms with Gasteiger partial charge in [-0.1, -0.05) is 78.6 Å². The molecule has 0 aliphatic carbocycles. The van der Waals surface area contributed by atoms with Crippen LogP contribution in [0.3, 0.4) is 0 Å². The first-order valence-corrected chi connectivity index (χ1v) is 8.43. The maximum Gasteiger partial charge on any atom is 0.0173 e. The molecule has 0 aromatic heterocycles. The van der Waals surface area contributed by atoms with Crippen molar-refractivity contribution in [3.63, 3.8) is 0 Å². The maximum absolute atomic E-state index is 3.54. The van der Waals surface area contributed by atoms with Gasteiger partial charge in [0.15, 0.2) is 0 Å². The number of nitrogens with one attached hydrogen (secondary N) is 1. The maximum atomic E-state index is 3.54. The molecule has 0 aromatic carbocycles. The molecule has 0 unspecified atom stereocenters. The van der Waals surface area contributed by atoms with Crippen LogP contribution in [0.15, 0.2) is 0 Å². The second kappa shape index (κ2) is 12.0. The summed E-state index contributed by atoms with van der Waals surface area (Å²) < 4.78 is 0. The van der Waals surface area contributed by atoms with Gasteiger partial charge in [-0.25, -0.2) is 0 Å². The fourth-order valence-corrected chi connectivity index (χ4v) is 2.86. The summed E-state index contributed by atoms with van der Waals surface area (Å²) in [5.41, 5.74) is 0.418. The summed E-state index contributed by atoms with van der Waals surface area (Å²) >= 11 is 0. The average molecular weight is 255 g/mol. The first kappa shape index (κ1) is 18.0. The first-order valence-electron chi connectivity index (χ1n) is 8.43. The lowest BCUT2D eigenvalue weighted by Crippen LogP contribution is -2.41. The Morgan fingerprint density at radius 3 is 1.50 bits per heavy atom. The van der Waals surface area contributed by atoms with Gasteiger partial charge in [-0.05, 0) is 26.3 Å². The highest BCUT2D eigenvalue weighted by molar-refractivity contribution is 4.83. The van der Waals surface area contributed by atoms with Crippen LogP contribution in [0, 0.1) is 0 Å². The highest BCUT2D eigenvalue weighted by Crippen LogP contribution is 2.22. The van der Waals surface area contributed by atoms with E-state index in [1.54, 1.807) is 0 Å². The van der Waals surface area contributed by atoms with E-state index in [0.29, 0.717) is 5.54 Å². The largest absolute Gasteiger partial charge is 0.314 e. The van der Waals surface area contributed by atoms with Gasteiger partial charge in [0.25, 0.3) is 0 Å². The van der Waals surface area contributed by atoms with Gasteiger partial charge < -0.3 is 5.32 Å². The Morgan fingerprint density at radius 1 is 0.667 bits per heavy atom. The van der Waals surface area contributed by atoms with Gasteiger partial charge in [-0.2, -0.15) is 0 Å². The second-order valence-corrected chi connectivity index (χ2v) is 5.82. The van der Waals surface area contributed by atoms with Gasteiger partial charge in [-0.15, -0.1) is 0 Å². The number of hydrogen-bond acceptors (Lipinski definition) is 1. The lowest BCUT2D eigenvalue weighted by Gasteiger charge is -2.31. The molecular formula is C17H37N. The normalized spacial score (nSPS) is 12.0. The van der Waals surface area contributed by atoms with Gasteiger partial charge in [0, 0.05) is 5.54 Å². The third-order valence-electron chi connectivity index (χ3n) is 4.64. The SMILES string of the molecule is CCCCCCCCCCCC(CC)(CC)NC. The minimum absolute atomic E-state index is 0.418. The van der Waals surface area contributed by atoms with Crippen LogP contribution in [-0.2, 0) is 0 Å². The van der Waals surface area contributed by atoms with E-state index in [9.17, 15) is 0 Å². The molecule has 0 bridgehead atoms. The van der Waals surface area contributed by atoms with Gasteiger partial charge >= 0.3 is 0 Å². The number of hydrogen-bond donors (Lipinski definition) is 1. The van der Waals surface area contributed by atoms with Crippen LogP contribution >= 0.6 is 0 Å². The smallest absolute Gasteiger partial charge is 0.0173 e. The zero-order valence-corrected chi connectivity index (χ0v) is 13.5. The number of rotatable bonds is 13. The van der Waals surface area contributed by atoms with Crippen molar-refractivity contribution >= 4 is 0 Å². The van der Waals surface area contributed by atoms with Crippen LogP contribution in [0.1, 0.15) is 97.8 Å². The van der Waals surface area contributed by atoms with Gasteiger partial charge in [0.2, 0.25) is 0 Å². The lowest BCUT2D eigenvalue weighted by molar-refractivity contribution is 0.290. The van der Waals surface area contributed by atoms with Crippen molar-refractivity contribution < 1.29 is 0 Å². The summed E-state index contributed by atoms with van der Waals surface area (Å²) in [6, 6.07) is 0. The zero-order chi connectivity index (χ0) is 13.7. The Hall–Kier alpha value is -0.0400. The first-order chi connectivity index (χ1) is 8.74. The van der Waals surface area contributed by atoms with Crippen molar-refractivity contribution in [1.82, 2.24) is 5.32 Å². The molecule has 0 saturated heterocycles. The summed E-state index contributed by atoms with van der Waals surface area (Å²) in [6.07, 6.45) is 16.8. The van der Waals surface area contributed by atoms with E-state index in [2.05, 4.69) is 33.1 Å². The quantitative estimate of drug-likeness (QED) is 0.417. The van der Waals surface area contributed by atoms with E-state index in [1.807, 2.05) is 0 Å². The van der Waals surface area contributed by atoms with E-state index in [4.69, 9.17) is 0 Å². The van der Waals surface area contributed by atoms with E-state index in [1.165, 1.54) is 77.0 Å². The van der Waals surface area contributed by atoms with Crippen LogP contribution in [0.5, 0.6) is 0 Å². The van der Waals surface area contributed by atoms with E-state index >= 15 is 0 Å². The molecule has 1 nitrogen and oxygen atoms in total. The van der Waals surface area contributed by atoms with Crippen LogP contribution in [0.2, 0.25) is 0 Å². The monoisotopic (exact) mass is 255 g/mol. The van der Waals surface area contributed by atoms with Crippen molar-refractivity contribution in [1.29, 1.82) is 0 Å². The van der Waals surface area contributed by atoms with Crippen molar-refractivity contribution in [3.05, 3.63) is 0 Å². The Kier molecular flexibility index (Phi) is 12.0. The zero-order valence-electron chi connectivity index (χ0n) is 13.5. The molecule has 0 spiro atoms. The Bertz CT molecular complexity index is 153. The second-order valence-electron chi connectivity index (χ2n) is 5.82. The molecule has 0 rings (SSSR count). The van der Waals surface area contributed by atoms with Crippen LogP contribution in [-0.4, -0.2) is 12.6 Å². The molecule has 0 radical (unpaired) electrons. The van der Waals surface area contributed by atoms with Crippen LogP contribution in [0.25, 0.3) is 0 Å². The molecule has 0 aromatic rings. The standard InChI is InChI=1S/C17H37N/c1-5-8-9-10-11-12-13-14-15-16-17(6-2,7-3)18-4/h18H,5-16H2,1-4H3. The molecule has 0 atom stereocenters. The van der Waals surface area contributed by atoms with Crippen LogP contribution in [0.4, 0.5) is 0 Å². The van der Waals surface area contributed by atoms with Crippen LogP contribution < -0.4 is 5.32 Å². The third kappa shape index (κ3) is 8.13. The molecule has 18 heavy (non-hydrogen) atoms. The summed E-state index contributed by atoms with van der Waals surface area (Å²) in [5.74, 6) is 0. The summed E-state index contributed by atoms with van der Waals surface area (Å²) in [6.45, 7) is 6.91. The topological polar surface area (TPSA) is 12.0 Å². The van der Waals surface area contributed by atoms with E-state index < -0.39 is 0 Å².